The van der Waals surface area contributed by atoms with Crippen LogP contribution < -0.4 is 4.90 Å². The third-order valence-corrected chi connectivity index (χ3v) is 2.38. The second kappa shape index (κ2) is 3.36. The molecule has 1 aromatic heterocycles. The fraction of sp³-hybridized carbons (Fsp3) is 0.444. The summed E-state index contributed by atoms with van der Waals surface area (Å²) in [5, 5.41) is 0. The van der Waals surface area contributed by atoms with E-state index in [0.717, 1.165) is 0 Å². The molecular weight excluding hydrogens is 212 g/mol. The number of pyridine rings is 1. The van der Waals surface area contributed by atoms with Crippen LogP contribution in [0.25, 0.3) is 0 Å². The average molecular weight is 220 g/mol. The molecule has 0 N–H and O–H groups in total. The smallest absolute Gasteiger partial charge is 0.353 e. The molecule has 0 unspecified atom stereocenters. The minimum absolute atomic E-state index is 0.00185. The topological polar surface area (TPSA) is 16.1 Å². The van der Waals surface area contributed by atoms with Gasteiger partial charge in [0.2, 0.25) is 0 Å². The lowest BCUT2D eigenvalue weighted by Crippen LogP contribution is -2.54. The molecule has 15 heavy (non-hydrogen) atoms. The van der Waals surface area contributed by atoms with Gasteiger partial charge in [0.1, 0.15) is 0 Å². The maximum absolute atomic E-state index is 13.1. The van der Waals surface area contributed by atoms with E-state index in [2.05, 4.69) is 4.98 Å². The Hall–Kier alpha value is -1.33. The van der Waals surface area contributed by atoms with Crippen LogP contribution in [0, 0.1) is 11.7 Å². The zero-order valence-corrected chi connectivity index (χ0v) is 7.63. The molecule has 82 valence electrons. The Kier molecular flexibility index (Phi) is 2.28. The van der Waals surface area contributed by atoms with E-state index >= 15 is 0 Å². The molecule has 0 atom stereocenters. The lowest BCUT2D eigenvalue weighted by Gasteiger charge is -2.40. The molecule has 0 saturated carbocycles. The van der Waals surface area contributed by atoms with Crippen LogP contribution in [-0.4, -0.2) is 24.2 Å². The summed E-state index contributed by atoms with van der Waals surface area (Å²) in [4.78, 5) is 4.99. The molecule has 0 amide bonds. The summed E-state index contributed by atoms with van der Waals surface area (Å²) < 4.78 is 49.5. The maximum Gasteiger partial charge on any atom is 0.395 e. The van der Waals surface area contributed by atoms with Crippen LogP contribution in [0.2, 0.25) is 0 Å². The zero-order valence-electron chi connectivity index (χ0n) is 7.63. The van der Waals surface area contributed by atoms with Gasteiger partial charge in [0.25, 0.3) is 0 Å². The van der Waals surface area contributed by atoms with Crippen LogP contribution in [-0.2, 0) is 0 Å². The largest absolute Gasteiger partial charge is 0.395 e. The second-order valence-electron chi connectivity index (χ2n) is 3.45. The van der Waals surface area contributed by atoms with Crippen LogP contribution in [0.4, 0.5) is 23.4 Å². The van der Waals surface area contributed by atoms with Gasteiger partial charge in [0, 0.05) is 19.3 Å². The monoisotopic (exact) mass is 220 g/mol. The summed E-state index contributed by atoms with van der Waals surface area (Å²) >= 11 is 0. The summed E-state index contributed by atoms with van der Waals surface area (Å²) in [6.45, 7) is -0.422. The van der Waals surface area contributed by atoms with E-state index in [1.165, 1.54) is 23.2 Å². The summed E-state index contributed by atoms with van der Waals surface area (Å²) in [6, 6.07) is 2.59. The molecule has 0 bridgehead atoms. The number of anilines is 1. The van der Waals surface area contributed by atoms with E-state index in [0.29, 0.717) is 0 Å². The van der Waals surface area contributed by atoms with Gasteiger partial charge in [-0.1, -0.05) is 0 Å². The van der Waals surface area contributed by atoms with Crippen LogP contribution in [0.15, 0.2) is 18.3 Å². The molecule has 2 nitrogen and oxygen atoms in total. The summed E-state index contributed by atoms with van der Waals surface area (Å²) in [5.41, 5.74) is 0. The predicted octanol–water partition coefficient (Wildman–Crippen LogP) is 2.22. The first-order valence-electron chi connectivity index (χ1n) is 4.40. The SMILES string of the molecule is Fc1cccnc1N1CC(C(F)(F)F)C1. The van der Waals surface area contributed by atoms with Crippen LogP contribution in [0.3, 0.4) is 0 Å². The van der Waals surface area contributed by atoms with Crippen molar-refractivity contribution >= 4 is 5.82 Å². The van der Waals surface area contributed by atoms with Gasteiger partial charge in [-0.25, -0.2) is 9.37 Å². The van der Waals surface area contributed by atoms with E-state index in [4.69, 9.17) is 0 Å². The van der Waals surface area contributed by atoms with Crippen molar-refractivity contribution in [3.05, 3.63) is 24.1 Å². The zero-order chi connectivity index (χ0) is 11.1. The molecule has 1 fully saturated rings. The van der Waals surface area contributed by atoms with Crippen LogP contribution in [0.1, 0.15) is 0 Å². The Labute approximate surface area is 83.5 Å². The predicted molar refractivity (Wildman–Crippen MR) is 46.0 cm³/mol. The standard InChI is InChI=1S/C9H8F4N2/c10-7-2-1-3-14-8(7)15-4-6(5-15)9(11,12)13/h1-3,6H,4-5H2. The van der Waals surface area contributed by atoms with Crippen molar-refractivity contribution < 1.29 is 17.6 Å². The van der Waals surface area contributed by atoms with E-state index in [1.807, 2.05) is 0 Å². The van der Waals surface area contributed by atoms with Gasteiger partial charge in [0.05, 0.1) is 5.92 Å². The lowest BCUT2D eigenvalue weighted by molar-refractivity contribution is -0.180. The van der Waals surface area contributed by atoms with Crippen molar-refractivity contribution in [2.45, 2.75) is 6.18 Å². The molecule has 1 aromatic rings. The van der Waals surface area contributed by atoms with Gasteiger partial charge in [-0.05, 0) is 12.1 Å². The summed E-state index contributed by atoms with van der Waals surface area (Å²) in [5.74, 6) is -1.95. The van der Waals surface area contributed by atoms with E-state index in [-0.39, 0.29) is 18.9 Å². The number of hydrogen-bond donors (Lipinski definition) is 0. The van der Waals surface area contributed by atoms with Crippen LogP contribution in [0.5, 0.6) is 0 Å². The van der Waals surface area contributed by atoms with Gasteiger partial charge >= 0.3 is 6.18 Å². The molecule has 1 saturated heterocycles. The highest BCUT2D eigenvalue weighted by molar-refractivity contribution is 5.42. The van der Waals surface area contributed by atoms with Gasteiger partial charge < -0.3 is 4.90 Å². The Balaban J connectivity index is 2.04. The Bertz CT molecular complexity index is 357. The highest BCUT2D eigenvalue weighted by Gasteiger charge is 2.47. The summed E-state index contributed by atoms with van der Waals surface area (Å²) in [7, 11) is 0. The number of hydrogen-bond acceptors (Lipinski definition) is 2. The average Bonchev–Trinajstić information content (AvgIpc) is 2.03. The second-order valence-corrected chi connectivity index (χ2v) is 3.45. The van der Waals surface area contributed by atoms with Crippen molar-refractivity contribution in [1.82, 2.24) is 4.98 Å². The molecule has 0 aromatic carbocycles. The van der Waals surface area contributed by atoms with E-state index in [1.54, 1.807) is 0 Å². The summed E-state index contributed by atoms with van der Waals surface area (Å²) in [6.07, 6.45) is -2.83. The van der Waals surface area contributed by atoms with Gasteiger partial charge in [-0.15, -0.1) is 0 Å². The normalized spacial score (nSPS) is 17.7. The van der Waals surface area contributed by atoms with Gasteiger partial charge in [-0.2, -0.15) is 13.2 Å². The Morgan fingerprint density at radius 3 is 2.53 bits per heavy atom. The first-order chi connectivity index (χ1) is 6.98. The fourth-order valence-electron chi connectivity index (χ4n) is 1.47. The van der Waals surface area contributed by atoms with Gasteiger partial charge in [-0.3, -0.25) is 0 Å². The molecule has 0 spiro atoms. The molecule has 2 rings (SSSR count). The van der Waals surface area contributed by atoms with E-state index < -0.39 is 17.9 Å². The van der Waals surface area contributed by atoms with Crippen molar-refractivity contribution in [1.29, 1.82) is 0 Å². The third-order valence-electron chi connectivity index (χ3n) is 2.38. The molecule has 0 aliphatic carbocycles. The highest BCUT2D eigenvalue weighted by atomic mass is 19.4. The number of rotatable bonds is 1. The number of halogens is 4. The Morgan fingerprint density at radius 2 is 2.00 bits per heavy atom. The molecule has 1 aliphatic heterocycles. The van der Waals surface area contributed by atoms with E-state index in [9.17, 15) is 17.6 Å². The van der Waals surface area contributed by atoms with Gasteiger partial charge in [0.15, 0.2) is 11.6 Å². The molecule has 6 heteroatoms. The molecule has 1 aliphatic rings. The first-order valence-corrected chi connectivity index (χ1v) is 4.40. The molecular formula is C9H8F4N2. The van der Waals surface area contributed by atoms with Crippen LogP contribution >= 0.6 is 0 Å². The lowest BCUT2D eigenvalue weighted by atomic mass is 10.00. The van der Waals surface area contributed by atoms with Crippen molar-refractivity contribution in [3.63, 3.8) is 0 Å². The Morgan fingerprint density at radius 1 is 1.33 bits per heavy atom. The van der Waals surface area contributed by atoms with Crippen molar-refractivity contribution in [2.75, 3.05) is 18.0 Å². The third kappa shape index (κ3) is 1.88. The minimum Gasteiger partial charge on any atom is -0.353 e. The number of nitrogens with zero attached hydrogens (tertiary/aromatic N) is 2. The first kappa shape index (κ1) is 10.2. The van der Waals surface area contributed by atoms with Crippen molar-refractivity contribution in [3.8, 4) is 0 Å². The maximum atomic E-state index is 13.1. The fourth-order valence-corrected chi connectivity index (χ4v) is 1.47. The highest BCUT2D eigenvalue weighted by Crippen LogP contribution is 2.35. The molecule has 2 heterocycles. The number of alkyl halides is 3. The quantitative estimate of drug-likeness (QED) is 0.674. The minimum atomic E-state index is -4.19. The number of aromatic nitrogens is 1. The van der Waals surface area contributed by atoms with Crippen molar-refractivity contribution in [2.24, 2.45) is 5.92 Å². The molecule has 0 radical (unpaired) electrons.